The summed E-state index contributed by atoms with van der Waals surface area (Å²) in [4.78, 5) is 27.8. The van der Waals surface area contributed by atoms with E-state index in [0.717, 1.165) is 36.8 Å². The van der Waals surface area contributed by atoms with Gasteiger partial charge in [-0.1, -0.05) is 80.4 Å². The number of hydrogen-bond acceptors (Lipinski definition) is 2. The zero-order valence-electron chi connectivity index (χ0n) is 16.6. The fourth-order valence-corrected chi connectivity index (χ4v) is 3.90. The van der Waals surface area contributed by atoms with E-state index in [1.165, 1.54) is 0 Å². The molecule has 0 bridgehead atoms. The van der Waals surface area contributed by atoms with Crippen LogP contribution in [0.2, 0.25) is 0 Å². The van der Waals surface area contributed by atoms with E-state index in [-0.39, 0.29) is 17.9 Å². The molecule has 0 aliphatic heterocycles. The summed E-state index contributed by atoms with van der Waals surface area (Å²) < 4.78 is 0. The Labute approximate surface area is 167 Å². The van der Waals surface area contributed by atoms with Crippen LogP contribution in [0.15, 0.2) is 60.7 Å². The van der Waals surface area contributed by atoms with Crippen LogP contribution in [0.4, 0.5) is 0 Å². The summed E-state index contributed by atoms with van der Waals surface area (Å²) in [7, 11) is 0. The SMILES string of the molecule is CCC(=O)N(Cc1ccccc1)C(Cc1ccccc1)C(=O)NC1CCCC1. The number of nitrogens with zero attached hydrogens (tertiary/aromatic N) is 1. The topological polar surface area (TPSA) is 49.4 Å². The van der Waals surface area contributed by atoms with Crippen molar-refractivity contribution in [2.75, 3.05) is 0 Å². The largest absolute Gasteiger partial charge is 0.352 e. The van der Waals surface area contributed by atoms with Gasteiger partial charge in [-0.05, 0) is 24.0 Å². The van der Waals surface area contributed by atoms with Crippen molar-refractivity contribution in [1.29, 1.82) is 0 Å². The third-order valence-corrected chi connectivity index (χ3v) is 5.47. The highest BCUT2D eigenvalue weighted by molar-refractivity contribution is 5.88. The number of nitrogens with one attached hydrogen (secondary N) is 1. The molecule has 1 aliphatic carbocycles. The number of carbonyl (C=O) groups is 2. The van der Waals surface area contributed by atoms with Gasteiger partial charge in [-0.15, -0.1) is 0 Å². The van der Waals surface area contributed by atoms with Crippen molar-refractivity contribution in [1.82, 2.24) is 10.2 Å². The van der Waals surface area contributed by atoms with Gasteiger partial charge in [-0.2, -0.15) is 0 Å². The Morgan fingerprint density at radius 2 is 1.54 bits per heavy atom. The maximum absolute atomic E-state index is 13.3. The van der Waals surface area contributed by atoms with E-state index in [1.807, 2.05) is 67.6 Å². The lowest BCUT2D eigenvalue weighted by atomic mass is 10.0. The number of carbonyl (C=O) groups excluding carboxylic acids is 2. The van der Waals surface area contributed by atoms with Gasteiger partial charge in [0.1, 0.15) is 6.04 Å². The summed E-state index contributed by atoms with van der Waals surface area (Å²) in [6.45, 7) is 2.30. The summed E-state index contributed by atoms with van der Waals surface area (Å²) >= 11 is 0. The highest BCUT2D eigenvalue weighted by atomic mass is 16.2. The van der Waals surface area contributed by atoms with Crippen LogP contribution in [-0.2, 0) is 22.6 Å². The number of benzene rings is 2. The molecule has 3 rings (SSSR count). The van der Waals surface area contributed by atoms with Crippen molar-refractivity contribution in [2.45, 2.75) is 64.1 Å². The molecule has 1 N–H and O–H groups in total. The van der Waals surface area contributed by atoms with Crippen LogP contribution < -0.4 is 5.32 Å². The van der Waals surface area contributed by atoms with Crippen LogP contribution in [0.1, 0.15) is 50.2 Å². The fourth-order valence-electron chi connectivity index (χ4n) is 3.90. The van der Waals surface area contributed by atoms with E-state index in [2.05, 4.69) is 5.32 Å². The van der Waals surface area contributed by atoms with Crippen LogP contribution in [0.5, 0.6) is 0 Å². The predicted molar refractivity (Wildman–Crippen MR) is 112 cm³/mol. The van der Waals surface area contributed by atoms with Crippen molar-refractivity contribution in [3.63, 3.8) is 0 Å². The molecule has 0 spiro atoms. The molecule has 1 saturated carbocycles. The molecule has 0 heterocycles. The molecule has 2 aromatic carbocycles. The smallest absolute Gasteiger partial charge is 0.243 e. The fraction of sp³-hybridized carbons (Fsp3) is 0.417. The zero-order chi connectivity index (χ0) is 19.8. The van der Waals surface area contributed by atoms with Crippen molar-refractivity contribution in [2.24, 2.45) is 0 Å². The van der Waals surface area contributed by atoms with Gasteiger partial charge in [0.15, 0.2) is 0 Å². The third kappa shape index (κ3) is 5.44. The Morgan fingerprint density at radius 3 is 2.11 bits per heavy atom. The molecule has 0 aromatic heterocycles. The Bertz CT molecular complexity index is 755. The molecule has 4 nitrogen and oxygen atoms in total. The highest BCUT2D eigenvalue weighted by Gasteiger charge is 2.31. The second-order valence-corrected chi connectivity index (χ2v) is 7.56. The molecule has 4 heteroatoms. The second kappa shape index (κ2) is 10.1. The van der Waals surface area contributed by atoms with Crippen molar-refractivity contribution in [3.8, 4) is 0 Å². The monoisotopic (exact) mass is 378 g/mol. The Balaban J connectivity index is 1.85. The van der Waals surface area contributed by atoms with Crippen LogP contribution in [0.25, 0.3) is 0 Å². The standard InChI is InChI=1S/C24H30N2O2/c1-2-23(27)26(18-20-13-7-4-8-14-20)22(17-19-11-5-3-6-12-19)24(28)25-21-15-9-10-16-21/h3-8,11-14,21-22H,2,9-10,15-18H2,1H3,(H,25,28). The molecule has 148 valence electrons. The van der Waals surface area contributed by atoms with Gasteiger partial charge in [-0.3, -0.25) is 9.59 Å². The van der Waals surface area contributed by atoms with Gasteiger partial charge in [0, 0.05) is 25.4 Å². The molecule has 28 heavy (non-hydrogen) atoms. The van der Waals surface area contributed by atoms with Crippen molar-refractivity contribution < 1.29 is 9.59 Å². The molecule has 1 fully saturated rings. The predicted octanol–water partition coefficient (Wildman–Crippen LogP) is 4.10. The van der Waals surface area contributed by atoms with Gasteiger partial charge in [0.25, 0.3) is 0 Å². The molecule has 2 amide bonds. The van der Waals surface area contributed by atoms with Gasteiger partial charge in [0.2, 0.25) is 11.8 Å². The van der Waals surface area contributed by atoms with Gasteiger partial charge in [0.05, 0.1) is 0 Å². The maximum Gasteiger partial charge on any atom is 0.243 e. The van der Waals surface area contributed by atoms with Crippen LogP contribution in [0, 0.1) is 0 Å². The first-order valence-corrected chi connectivity index (χ1v) is 10.3. The molecule has 1 aliphatic rings. The van der Waals surface area contributed by atoms with E-state index in [9.17, 15) is 9.59 Å². The maximum atomic E-state index is 13.3. The zero-order valence-corrected chi connectivity index (χ0v) is 16.6. The lowest BCUT2D eigenvalue weighted by molar-refractivity contribution is -0.141. The number of rotatable bonds is 8. The average molecular weight is 379 g/mol. The second-order valence-electron chi connectivity index (χ2n) is 7.56. The molecule has 1 atom stereocenters. The normalized spacial score (nSPS) is 15.2. The van der Waals surface area contributed by atoms with E-state index in [1.54, 1.807) is 4.90 Å². The summed E-state index contributed by atoms with van der Waals surface area (Å²) in [5.41, 5.74) is 2.10. The summed E-state index contributed by atoms with van der Waals surface area (Å²) in [6, 6.07) is 19.6. The first-order valence-electron chi connectivity index (χ1n) is 10.3. The highest BCUT2D eigenvalue weighted by Crippen LogP contribution is 2.20. The van der Waals surface area contributed by atoms with Crippen LogP contribution in [0.3, 0.4) is 0 Å². The van der Waals surface area contributed by atoms with Crippen LogP contribution in [-0.4, -0.2) is 28.8 Å². The molecular weight excluding hydrogens is 348 g/mol. The first-order chi connectivity index (χ1) is 13.7. The Hall–Kier alpha value is -2.62. The Kier molecular flexibility index (Phi) is 7.24. The minimum Gasteiger partial charge on any atom is -0.352 e. The van der Waals surface area contributed by atoms with Crippen molar-refractivity contribution >= 4 is 11.8 Å². The average Bonchev–Trinajstić information content (AvgIpc) is 3.24. The Morgan fingerprint density at radius 1 is 0.964 bits per heavy atom. The van der Waals surface area contributed by atoms with Crippen molar-refractivity contribution in [3.05, 3.63) is 71.8 Å². The minimum absolute atomic E-state index is 0.00589. The number of hydrogen-bond donors (Lipinski definition) is 1. The van der Waals surface area contributed by atoms with Gasteiger partial charge >= 0.3 is 0 Å². The quantitative estimate of drug-likeness (QED) is 0.752. The van der Waals surface area contributed by atoms with E-state index < -0.39 is 6.04 Å². The molecule has 0 radical (unpaired) electrons. The summed E-state index contributed by atoms with van der Waals surface area (Å²) in [5, 5.41) is 3.21. The molecule has 1 unspecified atom stereocenters. The minimum atomic E-state index is -0.504. The lowest BCUT2D eigenvalue weighted by Crippen LogP contribution is -2.52. The molecule has 0 saturated heterocycles. The summed E-state index contributed by atoms with van der Waals surface area (Å²) in [5.74, 6) is -0.0279. The van der Waals surface area contributed by atoms with E-state index in [4.69, 9.17) is 0 Å². The molecule has 2 aromatic rings. The lowest BCUT2D eigenvalue weighted by Gasteiger charge is -2.32. The summed E-state index contributed by atoms with van der Waals surface area (Å²) in [6.07, 6.45) is 5.30. The first kappa shape index (κ1) is 20.1. The van der Waals surface area contributed by atoms with Gasteiger partial charge < -0.3 is 10.2 Å². The van der Waals surface area contributed by atoms with E-state index >= 15 is 0 Å². The van der Waals surface area contributed by atoms with Gasteiger partial charge in [-0.25, -0.2) is 0 Å². The molecular formula is C24H30N2O2. The van der Waals surface area contributed by atoms with E-state index in [0.29, 0.717) is 19.4 Å². The van der Waals surface area contributed by atoms with Crippen LogP contribution >= 0.6 is 0 Å². The third-order valence-electron chi connectivity index (χ3n) is 5.47. The number of amides is 2.